The fourth-order valence-electron chi connectivity index (χ4n) is 3.35. The summed E-state index contributed by atoms with van der Waals surface area (Å²) in [6, 6.07) is 11.6. The van der Waals surface area contributed by atoms with Crippen LogP contribution < -0.4 is 15.4 Å². The van der Waals surface area contributed by atoms with E-state index >= 15 is 0 Å². The molecule has 2 aromatic carbocycles. The highest BCUT2D eigenvalue weighted by molar-refractivity contribution is 7.99. The van der Waals surface area contributed by atoms with Gasteiger partial charge in [0.25, 0.3) is 5.91 Å². The Hall–Kier alpha value is -2.75. The third kappa shape index (κ3) is 6.68. The van der Waals surface area contributed by atoms with Crippen LogP contribution in [0.15, 0.2) is 47.6 Å². The predicted molar refractivity (Wildman–Crippen MR) is 140 cm³/mol. The number of carbonyl (C=O) groups excluding carboxylic acids is 2. The molecule has 0 aliphatic heterocycles. The number of halogens is 2. The van der Waals surface area contributed by atoms with Crippen LogP contribution in [0.3, 0.4) is 0 Å². The minimum absolute atomic E-state index is 0.0535. The number of amides is 2. The Labute approximate surface area is 218 Å². The molecular weight excluding hydrogens is 509 g/mol. The van der Waals surface area contributed by atoms with E-state index in [4.69, 9.17) is 27.9 Å². The molecule has 1 heterocycles. The zero-order valence-corrected chi connectivity index (χ0v) is 22.2. The van der Waals surface area contributed by atoms with E-state index < -0.39 is 0 Å². The van der Waals surface area contributed by atoms with Crippen LogP contribution in [-0.4, -0.2) is 39.4 Å². The number of ether oxygens (including phenoxy) is 1. The number of anilines is 1. The van der Waals surface area contributed by atoms with E-state index in [2.05, 4.69) is 20.8 Å². The van der Waals surface area contributed by atoms with Gasteiger partial charge in [0.15, 0.2) is 11.0 Å². The van der Waals surface area contributed by atoms with Crippen molar-refractivity contribution in [3.63, 3.8) is 0 Å². The lowest BCUT2D eigenvalue weighted by atomic mass is 10.0. The molecule has 3 rings (SSSR count). The number of carbonyl (C=O) groups is 2. The highest BCUT2D eigenvalue weighted by Gasteiger charge is 2.26. The van der Waals surface area contributed by atoms with Crippen LogP contribution in [0.25, 0.3) is 0 Å². The summed E-state index contributed by atoms with van der Waals surface area (Å²) < 4.78 is 7.06. The van der Waals surface area contributed by atoms with E-state index in [1.807, 2.05) is 25.3 Å². The second kappa shape index (κ2) is 12.3. The molecule has 3 aromatic rings. The summed E-state index contributed by atoms with van der Waals surface area (Å²) in [7, 11) is 1.58. The van der Waals surface area contributed by atoms with E-state index in [0.717, 1.165) is 0 Å². The van der Waals surface area contributed by atoms with Gasteiger partial charge in [0.05, 0.1) is 34.6 Å². The molecule has 0 aliphatic carbocycles. The summed E-state index contributed by atoms with van der Waals surface area (Å²) in [5.74, 6) is 0.994. The molecule has 8 nitrogen and oxygen atoms in total. The fraction of sp³-hybridized carbons (Fsp3) is 0.333. The number of thioether (sulfide) groups is 1. The lowest BCUT2D eigenvalue weighted by molar-refractivity contribution is -0.113. The van der Waals surface area contributed by atoms with E-state index in [0.29, 0.717) is 44.6 Å². The summed E-state index contributed by atoms with van der Waals surface area (Å²) in [5, 5.41) is 15.7. The summed E-state index contributed by atoms with van der Waals surface area (Å²) in [6.45, 7) is 6.55. The quantitative estimate of drug-likeness (QED) is 0.334. The molecule has 0 spiro atoms. The van der Waals surface area contributed by atoms with Gasteiger partial charge in [0.2, 0.25) is 5.91 Å². The first-order valence-corrected chi connectivity index (χ1v) is 12.7. The minimum Gasteiger partial charge on any atom is -0.497 e. The van der Waals surface area contributed by atoms with Gasteiger partial charge < -0.3 is 19.9 Å². The first kappa shape index (κ1) is 26.8. The lowest BCUT2D eigenvalue weighted by Crippen LogP contribution is -2.33. The average molecular weight is 536 g/mol. The van der Waals surface area contributed by atoms with Gasteiger partial charge in [-0.15, -0.1) is 10.2 Å². The largest absolute Gasteiger partial charge is 0.497 e. The summed E-state index contributed by atoms with van der Waals surface area (Å²) in [5.41, 5.74) is 0.966. The van der Waals surface area contributed by atoms with Crippen LogP contribution in [-0.2, 0) is 11.3 Å². The monoisotopic (exact) mass is 535 g/mol. The Balaban J connectivity index is 1.71. The van der Waals surface area contributed by atoms with E-state index in [1.165, 1.54) is 11.8 Å². The van der Waals surface area contributed by atoms with E-state index in [-0.39, 0.29) is 29.5 Å². The van der Waals surface area contributed by atoms with Crippen molar-refractivity contribution in [3.05, 3.63) is 63.9 Å². The summed E-state index contributed by atoms with van der Waals surface area (Å²) >= 11 is 13.4. The molecule has 1 unspecified atom stereocenters. The summed E-state index contributed by atoms with van der Waals surface area (Å²) in [4.78, 5) is 25.4. The maximum atomic E-state index is 12.9. The van der Waals surface area contributed by atoms with Crippen molar-refractivity contribution in [1.29, 1.82) is 0 Å². The van der Waals surface area contributed by atoms with Crippen LogP contribution in [0.5, 0.6) is 5.75 Å². The van der Waals surface area contributed by atoms with E-state index in [1.54, 1.807) is 49.6 Å². The zero-order valence-electron chi connectivity index (χ0n) is 19.8. The maximum absolute atomic E-state index is 12.9. The van der Waals surface area contributed by atoms with Crippen molar-refractivity contribution in [2.45, 2.75) is 38.5 Å². The molecule has 0 saturated heterocycles. The zero-order chi connectivity index (χ0) is 25.5. The highest BCUT2D eigenvalue weighted by atomic mass is 35.5. The van der Waals surface area contributed by atoms with Crippen molar-refractivity contribution in [3.8, 4) is 5.75 Å². The average Bonchev–Trinajstić information content (AvgIpc) is 3.26. The lowest BCUT2D eigenvalue weighted by Gasteiger charge is -2.22. The number of aromatic nitrogens is 3. The Morgan fingerprint density at radius 3 is 2.46 bits per heavy atom. The number of rotatable bonds is 10. The molecule has 2 N–H and O–H groups in total. The number of benzene rings is 2. The number of nitrogens with zero attached hydrogens (tertiary/aromatic N) is 3. The molecule has 0 aliphatic rings. The Kier molecular flexibility index (Phi) is 9.42. The first-order valence-electron chi connectivity index (χ1n) is 11.0. The SMILES string of the molecule is CCn1c(SCC(=O)Nc2cccc(Cl)c2Cl)nnc1C(NC(=O)c1ccc(OC)cc1)C(C)C. The number of nitrogens with one attached hydrogen (secondary N) is 2. The molecule has 0 radical (unpaired) electrons. The first-order chi connectivity index (χ1) is 16.7. The van der Waals surface area contributed by atoms with Crippen molar-refractivity contribution in [2.24, 2.45) is 5.92 Å². The van der Waals surface area contributed by atoms with Gasteiger partial charge in [-0.05, 0) is 49.2 Å². The second-order valence-corrected chi connectivity index (χ2v) is 9.67. The van der Waals surface area contributed by atoms with E-state index in [9.17, 15) is 9.59 Å². The Morgan fingerprint density at radius 1 is 1.11 bits per heavy atom. The molecule has 186 valence electrons. The molecule has 35 heavy (non-hydrogen) atoms. The molecule has 0 saturated carbocycles. The number of methoxy groups -OCH3 is 1. The topological polar surface area (TPSA) is 98.1 Å². The van der Waals surface area contributed by atoms with Gasteiger partial charge in [-0.2, -0.15) is 0 Å². The third-order valence-corrected chi connectivity index (χ3v) is 6.99. The Bertz CT molecular complexity index is 1180. The van der Waals surface area contributed by atoms with Gasteiger partial charge in [-0.1, -0.05) is 54.9 Å². The van der Waals surface area contributed by atoms with Crippen LogP contribution in [0.2, 0.25) is 10.0 Å². The molecule has 11 heteroatoms. The minimum atomic E-state index is -0.370. The van der Waals surface area contributed by atoms with Gasteiger partial charge in [0, 0.05) is 12.1 Å². The van der Waals surface area contributed by atoms with Crippen LogP contribution in [0.4, 0.5) is 5.69 Å². The fourth-order valence-corrected chi connectivity index (χ4v) is 4.50. The van der Waals surface area contributed by atoms with Crippen molar-refractivity contribution < 1.29 is 14.3 Å². The van der Waals surface area contributed by atoms with Crippen molar-refractivity contribution in [1.82, 2.24) is 20.1 Å². The standard InChI is InChI=1S/C24H27Cl2N5O3S/c1-5-31-22(21(14(2)3)28-23(33)15-9-11-16(34-4)12-10-15)29-30-24(31)35-13-19(32)27-18-8-6-7-17(25)20(18)26/h6-12,14,21H,5,13H2,1-4H3,(H,27,32)(H,28,33). The second-order valence-electron chi connectivity index (χ2n) is 7.95. The maximum Gasteiger partial charge on any atom is 0.251 e. The molecule has 2 amide bonds. The predicted octanol–water partition coefficient (Wildman–Crippen LogP) is 5.47. The van der Waals surface area contributed by atoms with Gasteiger partial charge in [0.1, 0.15) is 5.75 Å². The molecular formula is C24H27Cl2N5O3S. The normalized spacial score (nSPS) is 11.9. The summed E-state index contributed by atoms with van der Waals surface area (Å²) in [6.07, 6.45) is 0. The molecule has 1 aromatic heterocycles. The smallest absolute Gasteiger partial charge is 0.251 e. The van der Waals surface area contributed by atoms with Crippen LogP contribution in [0, 0.1) is 5.92 Å². The molecule has 0 fully saturated rings. The van der Waals surface area contributed by atoms with Gasteiger partial charge >= 0.3 is 0 Å². The third-order valence-electron chi connectivity index (χ3n) is 5.20. The van der Waals surface area contributed by atoms with Crippen molar-refractivity contribution >= 4 is 52.5 Å². The molecule has 1 atom stereocenters. The van der Waals surface area contributed by atoms with Gasteiger partial charge in [-0.25, -0.2) is 0 Å². The highest BCUT2D eigenvalue weighted by Crippen LogP contribution is 2.30. The number of hydrogen-bond acceptors (Lipinski definition) is 6. The Morgan fingerprint density at radius 2 is 1.83 bits per heavy atom. The van der Waals surface area contributed by atoms with Crippen LogP contribution >= 0.6 is 35.0 Å². The van der Waals surface area contributed by atoms with Crippen LogP contribution in [0.1, 0.15) is 43.0 Å². The number of hydrogen-bond donors (Lipinski definition) is 2. The van der Waals surface area contributed by atoms with Gasteiger partial charge in [-0.3, -0.25) is 9.59 Å². The molecule has 0 bridgehead atoms. The van der Waals surface area contributed by atoms with Crippen molar-refractivity contribution in [2.75, 3.05) is 18.2 Å².